The van der Waals surface area contributed by atoms with Gasteiger partial charge in [0.1, 0.15) is 10.8 Å². The Labute approximate surface area is 188 Å². The third kappa shape index (κ3) is 4.00. The SMILES string of the molecule is O=C(CCN=C1NS(=O)(=O)c2ccccc21)Nc1cccc(-c2nc3ccccc3s2)c1. The highest BCUT2D eigenvalue weighted by Crippen LogP contribution is 2.31. The van der Waals surface area contributed by atoms with Gasteiger partial charge in [-0.05, 0) is 36.4 Å². The van der Waals surface area contributed by atoms with Crippen LogP contribution in [0.2, 0.25) is 0 Å². The number of fused-ring (bicyclic) bond motifs is 2. The fraction of sp³-hybridized carbons (Fsp3) is 0.0870. The molecule has 32 heavy (non-hydrogen) atoms. The van der Waals surface area contributed by atoms with Crippen molar-refractivity contribution in [1.82, 2.24) is 9.71 Å². The zero-order valence-electron chi connectivity index (χ0n) is 16.8. The second-order valence-corrected chi connectivity index (χ2v) is 9.88. The smallest absolute Gasteiger partial charge is 0.263 e. The van der Waals surface area contributed by atoms with Gasteiger partial charge in [-0.2, -0.15) is 0 Å². The van der Waals surface area contributed by atoms with E-state index in [2.05, 4.69) is 20.0 Å². The van der Waals surface area contributed by atoms with Crippen LogP contribution in [0.4, 0.5) is 5.69 Å². The van der Waals surface area contributed by atoms with Crippen molar-refractivity contribution >= 4 is 49.0 Å². The lowest BCUT2D eigenvalue weighted by Gasteiger charge is -2.06. The van der Waals surface area contributed by atoms with E-state index in [1.165, 1.54) is 6.07 Å². The largest absolute Gasteiger partial charge is 0.326 e. The van der Waals surface area contributed by atoms with Crippen LogP contribution in [0.15, 0.2) is 82.7 Å². The molecule has 9 heteroatoms. The van der Waals surface area contributed by atoms with Gasteiger partial charge in [0.05, 0.1) is 21.7 Å². The first kappa shape index (κ1) is 20.3. The second-order valence-electron chi connectivity index (χ2n) is 7.20. The molecule has 0 atom stereocenters. The summed E-state index contributed by atoms with van der Waals surface area (Å²) in [5.74, 6) is 0.0659. The number of hydrogen-bond acceptors (Lipinski definition) is 6. The van der Waals surface area contributed by atoms with Gasteiger partial charge in [-0.3, -0.25) is 14.5 Å². The van der Waals surface area contributed by atoms with Crippen molar-refractivity contribution in [2.24, 2.45) is 4.99 Å². The number of benzene rings is 3. The molecule has 0 saturated heterocycles. The number of anilines is 1. The van der Waals surface area contributed by atoms with E-state index in [-0.39, 0.29) is 29.6 Å². The van der Waals surface area contributed by atoms with Crippen LogP contribution in [0.25, 0.3) is 20.8 Å². The molecule has 1 amide bonds. The average Bonchev–Trinajstić information content (AvgIpc) is 3.33. The molecule has 0 aliphatic carbocycles. The van der Waals surface area contributed by atoms with Crippen LogP contribution in [-0.4, -0.2) is 31.7 Å². The Morgan fingerprint density at radius 2 is 1.84 bits per heavy atom. The Morgan fingerprint density at radius 3 is 2.72 bits per heavy atom. The lowest BCUT2D eigenvalue weighted by atomic mass is 10.2. The zero-order valence-corrected chi connectivity index (χ0v) is 18.4. The number of sulfonamides is 1. The standard InChI is InChI=1S/C23H18N4O3S2/c28-21(12-13-24-22-17-8-1-4-11-20(17)32(29,30)27-22)25-16-7-5-6-15(14-16)23-26-18-9-2-3-10-19(18)31-23/h1-11,14H,12-13H2,(H,24,27)(H,25,28). The summed E-state index contributed by atoms with van der Waals surface area (Å²) in [4.78, 5) is 21.6. The van der Waals surface area contributed by atoms with E-state index in [1.54, 1.807) is 29.5 Å². The third-order valence-corrected chi connectivity index (χ3v) is 7.44. The van der Waals surface area contributed by atoms with Gasteiger partial charge in [-0.15, -0.1) is 11.3 Å². The predicted octanol–water partition coefficient (Wildman–Crippen LogP) is 4.03. The normalized spacial score (nSPS) is 15.4. The van der Waals surface area contributed by atoms with Crippen LogP contribution in [-0.2, 0) is 14.8 Å². The molecular formula is C23H18N4O3S2. The molecule has 0 radical (unpaired) electrons. The van der Waals surface area contributed by atoms with Crippen molar-refractivity contribution in [3.63, 3.8) is 0 Å². The van der Waals surface area contributed by atoms with E-state index >= 15 is 0 Å². The highest BCUT2D eigenvalue weighted by atomic mass is 32.2. The lowest BCUT2D eigenvalue weighted by molar-refractivity contribution is -0.116. The first-order valence-electron chi connectivity index (χ1n) is 9.92. The maximum absolute atomic E-state index is 12.4. The van der Waals surface area contributed by atoms with E-state index in [1.807, 2.05) is 48.5 Å². The summed E-state index contributed by atoms with van der Waals surface area (Å²) in [6.07, 6.45) is 0.124. The number of aliphatic imine (C=N–C) groups is 1. The quantitative estimate of drug-likeness (QED) is 0.468. The Balaban J connectivity index is 1.25. The minimum atomic E-state index is -3.58. The van der Waals surface area contributed by atoms with Gasteiger partial charge in [0.2, 0.25) is 5.91 Å². The predicted molar refractivity (Wildman–Crippen MR) is 126 cm³/mol. The number of rotatable bonds is 5. The molecule has 0 fully saturated rings. The maximum atomic E-state index is 12.4. The van der Waals surface area contributed by atoms with Gasteiger partial charge in [-0.25, -0.2) is 13.4 Å². The number of amides is 1. The molecular weight excluding hydrogens is 444 g/mol. The molecule has 7 nitrogen and oxygen atoms in total. The van der Waals surface area contributed by atoms with Gasteiger partial charge in [0, 0.05) is 23.2 Å². The number of nitrogens with zero attached hydrogens (tertiary/aromatic N) is 2. The fourth-order valence-electron chi connectivity index (χ4n) is 3.47. The molecule has 0 spiro atoms. The molecule has 1 aliphatic heterocycles. The molecule has 0 saturated carbocycles. The molecule has 4 aromatic rings. The molecule has 2 N–H and O–H groups in total. The number of aromatic nitrogens is 1. The highest BCUT2D eigenvalue weighted by molar-refractivity contribution is 7.90. The Bertz CT molecular complexity index is 1440. The van der Waals surface area contributed by atoms with Crippen molar-refractivity contribution < 1.29 is 13.2 Å². The van der Waals surface area contributed by atoms with Crippen molar-refractivity contribution in [2.45, 2.75) is 11.3 Å². The Hall–Kier alpha value is -3.56. The van der Waals surface area contributed by atoms with Gasteiger partial charge < -0.3 is 5.32 Å². The Morgan fingerprint density at radius 1 is 1.03 bits per heavy atom. The maximum Gasteiger partial charge on any atom is 0.263 e. The number of amidine groups is 1. The summed E-state index contributed by atoms with van der Waals surface area (Å²) in [6, 6.07) is 22.1. The molecule has 5 rings (SSSR count). The van der Waals surface area contributed by atoms with Gasteiger partial charge in [0.15, 0.2) is 0 Å². The van der Waals surface area contributed by atoms with Gasteiger partial charge in [0.25, 0.3) is 10.0 Å². The van der Waals surface area contributed by atoms with Crippen LogP contribution in [0.3, 0.4) is 0 Å². The summed E-state index contributed by atoms with van der Waals surface area (Å²) in [7, 11) is -3.58. The zero-order chi connectivity index (χ0) is 22.1. The van der Waals surface area contributed by atoms with E-state index in [0.29, 0.717) is 11.3 Å². The topological polar surface area (TPSA) is 101 Å². The van der Waals surface area contributed by atoms with Crippen LogP contribution in [0.1, 0.15) is 12.0 Å². The molecule has 0 unspecified atom stereocenters. The van der Waals surface area contributed by atoms with Crippen molar-refractivity contribution in [1.29, 1.82) is 0 Å². The summed E-state index contributed by atoms with van der Waals surface area (Å²) in [5, 5.41) is 3.77. The fourth-order valence-corrected chi connectivity index (χ4v) is 5.68. The van der Waals surface area contributed by atoms with E-state index in [0.717, 1.165) is 20.8 Å². The van der Waals surface area contributed by atoms with Crippen LogP contribution >= 0.6 is 11.3 Å². The van der Waals surface area contributed by atoms with E-state index < -0.39 is 10.0 Å². The summed E-state index contributed by atoms with van der Waals surface area (Å²) < 4.78 is 27.8. The van der Waals surface area contributed by atoms with E-state index in [9.17, 15) is 13.2 Å². The summed E-state index contributed by atoms with van der Waals surface area (Å²) in [5.41, 5.74) is 3.08. The molecule has 0 bridgehead atoms. The summed E-state index contributed by atoms with van der Waals surface area (Å²) >= 11 is 1.60. The van der Waals surface area contributed by atoms with E-state index in [4.69, 9.17) is 0 Å². The number of nitrogens with one attached hydrogen (secondary N) is 2. The number of thiazole rings is 1. The van der Waals surface area contributed by atoms with Crippen LogP contribution in [0.5, 0.6) is 0 Å². The molecule has 2 heterocycles. The van der Waals surface area contributed by atoms with Gasteiger partial charge in [-0.1, -0.05) is 36.4 Å². The monoisotopic (exact) mass is 462 g/mol. The minimum absolute atomic E-state index is 0.124. The van der Waals surface area contributed by atoms with Crippen LogP contribution < -0.4 is 10.0 Å². The van der Waals surface area contributed by atoms with Crippen molar-refractivity contribution in [3.8, 4) is 10.6 Å². The van der Waals surface area contributed by atoms with Crippen molar-refractivity contribution in [2.75, 3.05) is 11.9 Å². The first-order chi connectivity index (χ1) is 15.5. The van der Waals surface area contributed by atoms with Gasteiger partial charge >= 0.3 is 0 Å². The number of para-hydroxylation sites is 1. The number of carbonyl (C=O) groups is 1. The highest BCUT2D eigenvalue weighted by Gasteiger charge is 2.29. The van der Waals surface area contributed by atoms with Crippen molar-refractivity contribution in [3.05, 3.63) is 78.4 Å². The average molecular weight is 463 g/mol. The number of hydrogen-bond donors (Lipinski definition) is 2. The van der Waals surface area contributed by atoms with Crippen LogP contribution in [0, 0.1) is 0 Å². The second kappa shape index (κ2) is 8.18. The summed E-state index contributed by atoms with van der Waals surface area (Å²) in [6.45, 7) is 0.162. The molecule has 1 aliphatic rings. The number of carbonyl (C=O) groups excluding carboxylic acids is 1. The third-order valence-electron chi connectivity index (χ3n) is 4.96. The lowest BCUT2D eigenvalue weighted by Crippen LogP contribution is -2.23. The molecule has 3 aromatic carbocycles. The Kier molecular flexibility index (Phi) is 5.20. The molecule has 160 valence electrons. The minimum Gasteiger partial charge on any atom is -0.326 e. The molecule has 1 aromatic heterocycles. The first-order valence-corrected chi connectivity index (χ1v) is 12.2.